The van der Waals surface area contributed by atoms with Crippen LogP contribution in [0.25, 0.3) is 0 Å². The number of aryl methyl sites for hydroxylation is 1. The fourth-order valence-corrected chi connectivity index (χ4v) is 3.69. The molecule has 1 aromatic heterocycles. The first-order valence-electron chi connectivity index (χ1n) is 4.83. The molecule has 1 heterocycles. The molecule has 0 aliphatic rings. The number of rotatable bonds is 2. The third-order valence-electron chi connectivity index (χ3n) is 2.43. The molecule has 0 saturated carbocycles. The topological polar surface area (TPSA) is 0 Å². The van der Waals surface area contributed by atoms with Crippen molar-refractivity contribution < 1.29 is 8.78 Å². The van der Waals surface area contributed by atoms with Crippen molar-refractivity contribution >= 4 is 38.9 Å². The van der Waals surface area contributed by atoms with Gasteiger partial charge in [-0.1, -0.05) is 27.5 Å². The van der Waals surface area contributed by atoms with Crippen molar-refractivity contribution in [1.82, 2.24) is 0 Å². The van der Waals surface area contributed by atoms with Crippen LogP contribution in [0, 0.1) is 18.6 Å². The highest BCUT2D eigenvalue weighted by atomic mass is 79.9. The van der Waals surface area contributed by atoms with Crippen molar-refractivity contribution in [3.05, 3.63) is 56.2 Å². The number of alkyl halides is 1. The first-order valence-corrected chi connectivity index (χ1v) is 7.00. The van der Waals surface area contributed by atoms with E-state index >= 15 is 0 Å². The summed E-state index contributed by atoms with van der Waals surface area (Å²) in [5.41, 5.74) is 0.556. The van der Waals surface area contributed by atoms with Gasteiger partial charge in [-0.2, -0.15) is 0 Å². The van der Waals surface area contributed by atoms with Crippen LogP contribution >= 0.6 is 38.9 Å². The van der Waals surface area contributed by atoms with Gasteiger partial charge in [0.15, 0.2) is 0 Å². The summed E-state index contributed by atoms with van der Waals surface area (Å²) in [6.45, 7) is 1.53. The Bertz CT molecular complexity index is 553. The van der Waals surface area contributed by atoms with E-state index in [1.54, 1.807) is 6.07 Å². The Morgan fingerprint density at radius 1 is 1.29 bits per heavy atom. The summed E-state index contributed by atoms with van der Waals surface area (Å²) in [6, 6.07) is 4.14. The van der Waals surface area contributed by atoms with Crippen LogP contribution < -0.4 is 0 Å². The van der Waals surface area contributed by atoms with Crippen molar-refractivity contribution in [2.75, 3.05) is 0 Å². The molecule has 0 amide bonds. The molecule has 0 aliphatic heterocycles. The molecule has 0 spiro atoms. The van der Waals surface area contributed by atoms with Crippen LogP contribution in [0.3, 0.4) is 0 Å². The van der Waals surface area contributed by atoms with E-state index in [-0.39, 0.29) is 5.56 Å². The second-order valence-electron chi connectivity index (χ2n) is 3.62. The zero-order valence-corrected chi connectivity index (χ0v) is 12.0. The minimum Gasteiger partial charge on any atom is -0.207 e. The van der Waals surface area contributed by atoms with E-state index < -0.39 is 16.5 Å². The van der Waals surface area contributed by atoms with Gasteiger partial charge in [0.1, 0.15) is 11.6 Å². The molecule has 0 aliphatic carbocycles. The van der Waals surface area contributed by atoms with Gasteiger partial charge in [0.05, 0.1) is 9.85 Å². The zero-order chi connectivity index (χ0) is 12.6. The van der Waals surface area contributed by atoms with E-state index in [0.717, 1.165) is 4.88 Å². The molecule has 90 valence electrons. The average Bonchev–Trinajstić information content (AvgIpc) is 2.69. The van der Waals surface area contributed by atoms with E-state index in [1.807, 2.05) is 5.38 Å². The van der Waals surface area contributed by atoms with Crippen LogP contribution in [0.2, 0.25) is 5.02 Å². The minimum absolute atomic E-state index is 0.262. The predicted octanol–water partition coefficient (Wildman–Crippen LogP) is 5.47. The summed E-state index contributed by atoms with van der Waals surface area (Å²) in [7, 11) is 0. The summed E-state index contributed by atoms with van der Waals surface area (Å²) in [6.07, 6.45) is 0. The van der Waals surface area contributed by atoms with Crippen LogP contribution in [-0.4, -0.2) is 0 Å². The molecule has 1 unspecified atom stereocenters. The highest BCUT2D eigenvalue weighted by Crippen LogP contribution is 2.40. The van der Waals surface area contributed by atoms with Gasteiger partial charge in [0.2, 0.25) is 0 Å². The van der Waals surface area contributed by atoms with Gasteiger partial charge in [-0.05, 0) is 36.1 Å². The number of halogens is 4. The molecule has 1 aromatic carbocycles. The lowest BCUT2D eigenvalue weighted by atomic mass is 10.1. The van der Waals surface area contributed by atoms with Crippen LogP contribution in [-0.2, 0) is 0 Å². The fraction of sp³-hybridized carbons (Fsp3) is 0.167. The Morgan fingerprint density at radius 3 is 2.59 bits per heavy atom. The van der Waals surface area contributed by atoms with Gasteiger partial charge >= 0.3 is 0 Å². The Balaban J connectivity index is 2.48. The van der Waals surface area contributed by atoms with Gasteiger partial charge < -0.3 is 0 Å². The van der Waals surface area contributed by atoms with E-state index in [2.05, 4.69) is 15.9 Å². The van der Waals surface area contributed by atoms with Gasteiger partial charge in [0.25, 0.3) is 0 Å². The Kier molecular flexibility index (Phi) is 3.85. The van der Waals surface area contributed by atoms with Gasteiger partial charge in [-0.15, -0.1) is 11.3 Å². The highest BCUT2D eigenvalue weighted by molar-refractivity contribution is 9.09. The third kappa shape index (κ3) is 2.54. The first kappa shape index (κ1) is 13.0. The fourth-order valence-electron chi connectivity index (χ4n) is 1.48. The van der Waals surface area contributed by atoms with Crippen LogP contribution in [0.15, 0.2) is 23.6 Å². The Hall–Kier alpha value is -0.450. The number of benzene rings is 1. The molecule has 2 rings (SSSR count). The summed E-state index contributed by atoms with van der Waals surface area (Å²) in [4.78, 5) is 0.346. The largest absolute Gasteiger partial charge is 0.207 e. The number of thiophene rings is 1. The normalized spacial score (nSPS) is 12.8. The monoisotopic (exact) mass is 336 g/mol. The SMILES string of the molecule is Cc1cc(F)c(C(Br)c2sccc2Cl)cc1F. The van der Waals surface area contributed by atoms with Crippen LogP contribution in [0.5, 0.6) is 0 Å². The molecule has 0 N–H and O–H groups in total. The lowest BCUT2D eigenvalue weighted by molar-refractivity contribution is 0.581. The molecular weight excluding hydrogens is 330 g/mol. The smallest absolute Gasteiger partial charge is 0.128 e. The lowest BCUT2D eigenvalue weighted by Gasteiger charge is -2.11. The summed E-state index contributed by atoms with van der Waals surface area (Å²) >= 11 is 10.7. The minimum atomic E-state index is -0.435. The summed E-state index contributed by atoms with van der Waals surface area (Å²) in [5.74, 6) is -0.853. The molecule has 0 bridgehead atoms. The van der Waals surface area contributed by atoms with E-state index in [1.165, 1.54) is 30.4 Å². The molecule has 0 saturated heterocycles. The summed E-state index contributed by atoms with van der Waals surface area (Å²) in [5, 5.41) is 2.37. The van der Waals surface area contributed by atoms with E-state index in [9.17, 15) is 8.78 Å². The lowest BCUT2D eigenvalue weighted by Crippen LogP contribution is -1.98. The molecular formula is C12H8BrClF2S. The van der Waals surface area contributed by atoms with E-state index in [4.69, 9.17) is 11.6 Å². The second-order valence-corrected chi connectivity index (χ2v) is 5.89. The maximum atomic E-state index is 13.8. The molecule has 17 heavy (non-hydrogen) atoms. The van der Waals surface area contributed by atoms with Crippen molar-refractivity contribution in [3.63, 3.8) is 0 Å². The van der Waals surface area contributed by atoms with Crippen molar-refractivity contribution in [3.8, 4) is 0 Å². The quantitative estimate of drug-likeness (QED) is 0.637. The zero-order valence-electron chi connectivity index (χ0n) is 8.81. The Morgan fingerprint density at radius 2 is 2.00 bits per heavy atom. The molecule has 2 aromatic rings. The summed E-state index contributed by atoms with van der Waals surface area (Å²) < 4.78 is 27.2. The van der Waals surface area contributed by atoms with Crippen LogP contribution in [0.4, 0.5) is 8.78 Å². The molecule has 0 nitrogen and oxygen atoms in total. The standard InChI is InChI=1S/C12H8BrClF2S/c1-6-4-10(16)7(5-9(6)15)11(13)12-8(14)2-3-17-12/h2-5,11H,1H3. The van der Waals surface area contributed by atoms with Crippen molar-refractivity contribution in [2.45, 2.75) is 11.8 Å². The second kappa shape index (κ2) is 5.04. The first-order chi connectivity index (χ1) is 8.00. The van der Waals surface area contributed by atoms with Crippen molar-refractivity contribution in [1.29, 1.82) is 0 Å². The number of hydrogen-bond acceptors (Lipinski definition) is 1. The Labute approximate surface area is 115 Å². The maximum Gasteiger partial charge on any atom is 0.128 e. The highest BCUT2D eigenvalue weighted by Gasteiger charge is 2.20. The predicted molar refractivity (Wildman–Crippen MR) is 71.2 cm³/mol. The van der Waals surface area contributed by atoms with Crippen molar-refractivity contribution in [2.24, 2.45) is 0 Å². The average molecular weight is 338 g/mol. The van der Waals surface area contributed by atoms with Gasteiger partial charge in [-0.3, -0.25) is 0 Å². The van der Waals surface area contributed by atoms with Crippen LogP contribution in [0.1, 0.15) is 20.8 Å². The molecule has 1 atom stereocenters. The number of hydrogen-bond donors (Lipinski definition) is 0. The maximum absolute atomic E-state index is 13.8. The molecule has 0 radical (unpaired) electrons. The molecule has 5 heteroatoms. The van der Waals surface area contributed by atoms with E-state index in [0.29, 0.717) is 10.6 Å². The van der Waals surface area contributed by atoms with Gasteiger partial charge in [-0.25, -0.2) is 8.78 Å². The molecule has 0 fully saturated rings. The third-order valence-corrected chi connectivity index (χ3v) is 5.10. The van der Waals surface area contributed by atoms with Gasteiger partial charge in [0, 0.05) is 10.4 Å².